The van der Waals surface area contributed by atoms with Crippen molar-refractivity contribution < 1.29 is 9.53 Å². The highest BCUT2D eigenvalue weighted by Crippen LogP contribution is 2.27. The molecule has 4 rings (SSSR count). The number of carbonyl (C=O) groups excluding carboxylic acids is 1. The van der Waals surface area contributed by atoms with Crippen LogP contribution in [0.3, 0.4) is 0 Å². The van der Waals surface area contributed by atoms with E-state index >= 15 is 0 Å². The van der Waals surface area contributed by atoms with E-state index in [-0.39, 0.29) is 17.5 Å². The maximum Gasteiger partial charge on any atom is 0.322 e. The molecule has 7 nitrogen and oxygen atoms in total. The van der Waals surface area contributed by atoms with Crippen LogP contribution in [-0.4, -0.2) is 34.1 Å². The number of hydrogen-bond acceptors (Lipinski definition) is 4. The molecule has 0 bridgehead atoms. The van der Waals surface area contributed by atoms with E-state index in [1.54, 1.807) is 22.6 Å². The SMILES string of the molecule is CCC(c1nc2ccccc2c(=O)n1Cc1ccccc1)N(CC(C)C)C(=O)Nc1ccc(OC)cc1. The molecule has 0 saturated heterocycles. The lowest BCUT2D eigenvalue weighted by atomic mass is 10.1. The number of benzene rings is 3. The first-order valence-corrected chi connectivity index (χ1v) is 12.7. The molecule has 1 heterocycles. The molecule has 0 aliphatic heterocycles. The third-order valence-corrected chi connectivity index (χ3v) is 6.30. The molecule has 1 atom stereocenters. The highest BCUT2D eigenvalue weighted by molar-refractivity contribution is 5.89. The van der Waals surface area contributed by atoms with Crippen molar-refractivity contribution in [3.8, 4) is 5.75 Å². The van der Waals surface area contributed by atoms with Gasteiger partial charge in [-0.15, -0.1) is 0 Å². The van der Waals surface area contributed by atoms with Crippen LogP contribution in [0.4, 0.5) is 10.5 Å². The Kier molecular flexibility index (Phi) is 8.23. The summed E-state index contributed by atoms with van der Waals surface area (Å²) in [5, 5.41) is 3.59. The Morgan fingerprint density at radius 3 is 2.32 bits per heavy atom. The van der Waals surface area contributed by atoms with Crippen LogP contribution in [0.5, 0.6) is 5.75 Å². The normalized spacial score (nSPS) is 11.9. The van der Waals surface area contributed by atoms with Crippen molar-refractivity contribution in [2.24, 2.45) is 5.92 Å². The van der Waals surface area contributed by atoms with Gasteiger partial charge in [-0.05, 0) is 54.3 Å². The Labute approximate surface area is 217 Å². The van der Waals surface area contributed by atoms with Gasteiger partial charge in [0, 0.05) is 12.2 Å². The van der Waals surface area contributed by atoms with Crippen molar-refractivity contribution in [1.82, 2.24) is 14.5 Å². The summed E-state index contributed by atoms with van der Waals surface area (Å²) in [4.78, 5) is 34.2. The third kappa shape index (κ3) is 6.00. The van der Waals surface area contributed by atoms with Gasteiger partial charge in [-0.3, -0.25) is 9.36 Å². The lowest BCUT2D eigenvalue weighted by Gasteiger charge is -2.33. The van der Waals surface area contributed by atoms with Crippen LogP contribution in [0.1, 0.15) is 44.6 Å². The summed E-state index contributed by atoms with van der Waals surface area (Å²) in [6.07, 6.45) is 0.600. The summed E-state index contributed by atoms with van der Waals surface area (Å²) in [6, 6.07) is 23.8. The van der Waals surface area contributed by atoms with Crippen molar-refractivity contribution in [2.75, 3.05) is 19.0 Å². The van der Waals surface area contributed by atoms with E-state index in [9.17, 15) is 9.59 Å². The monoisotopic (exact) mass is 498 g/mol. The Bertz CT molecular complexity index is 1400. The molecular formula is C30H34N4O3. The maximum atomic E-state index is 13.7. The number of rotatable bonds is 9. The molecule has 7 heteroatoms. The minimum atomic E-state index is -0.401. The summed E-state index contributed by atoms with van der Waals surface area (Å²) in [7, 11) is 1.61. The highest BCUT2D eigenvalue weighted by Gasteiger charge is 2.29. The summed E-state index contributed by atoms with van der Waals surface area (Å²) in [5.41, 5.74) is 2.19. The van der Waals surface area contributed by atoms with E-state index in [0.717, 1.165) is 5.56 Å². The first-order valence-electron chi connectivity index (χ1n) is 12.7. The van der Waals surface area contributed by atoms with Gasteiger partial charge in [0.1, 0.15) is 11.6 Å². The second-order valence-corrected chi connectivity index (χ2v) is 9.49. The van der Waals surface area contributed by atoms with Crippen molar-refractivity contribution in [3.63, 3.8) is 0 Å². The van der Waals surface area contributed by atoms with Crippen LogP contribution in [0.15, 0.2) is 83.7 Å². The fraction of sp³-hybridized carbons (Fsp3) is 0.300. The second-order valence-electron chi connectivity index (χ2n) is 9.49. The number of fused-ring (bicyclic) bond motifs is 1. The quantitative estimate of drug-likeness (QED) is 0.303. The first kappa shape index (κ1) is 25.9. The molecule has 0 spiro atoms. The average Bonchev–Trinajstić information content (AvgIpc) is 2.91. The topological polar surface area (TPSA) is 76.5 Å². The zero-order valence-electron chi connectivity index (χ0n) is 21.8. The van der Waals surface area contributed by atoms with Crippen LogP contribution in [0, 0.1) is 5.92 Å². The number of hydrogen-bond donors (Lipinski definition) is 1. The van der Waals surface area contributed by atoms with Gasteiger partial charge in [-0.25, -0.2) is 9.78 Å². The van der Waals surface area contributed by atoms with Gasteiger partial charge in [-0.2, -0.15) is 0 Å². The Morgan fingerprint density at radius 2 is 1.68 bits per heavy atom. The largest absolute Gasteiger partial charge is 0.497 e. The molecule has 0 saturated carbocycles. The number of amides is 2. The molecule has 3 aromatic carbocycles. The van der Waals surface area contributed by atoms with E-state index in [2.05, 4.69) is 19.2 Å². The summed E-state index contributed by atoms with van der Waals surface area (Å²) >= 11 is 0. The molecule has 0 aliphatic rings. The van der Waals surface area contributed by atoms with Crippen molar-refractivity contribution in [3.05, 3.63) is 101 Å². The smallest absolute Gasteiger partial charge is 0.322 e. The van der Waals surface area contributed by atoms with Gasteiger partial charge in [0.05, 0.1) is 30.6 Å². The van der Waals surface area contributed by atoms with Crippen LogP contribution < -0.4 is 15.6 Å². The van der Waals surface area contributed by atoms with Gasteiger partial charge >= 0.3 is 6.03 Å². The zero-order chi connectivity index (χ0) is 26.4. The fourth-order valence-corrected chi connectivity index (χ4v) is 4.52. The molecule has 1 aromatic heterocycles. The lowest BCUT2D eigenvalue weighted by molar-refractivity contribution is 0.170. The Morgan fingerprint density at radius 1 is 1.00 bits per heavy atom. The van der Waals surface area contributed by atoms with E-state index in [1.165, 1.54) is 0 Å². The van der Waals surface area contributed by atoms with Gasteiger partial charge in [0.15, 0.2) is 0 Å². The number of para-hydroxylation sites is 1. The summed E-state index contributed by atoms with van der Waals surface area (Å²) < 4.78 is 6.95. The highest BCUT2D eigenvalue weighted by atomic mass is 16.5. The molecule has 1 N–H and O–H groups in total. The first-order chi connectivity index (χ1) is 17.9. The van der Waals surface area contributed by atoms with Crippen LogP contribution in [0.2, 0.25) is 0 Å². The third-order valence-electron chi connectivity index (χ3n) is 6.30. The molecule has 1 unspecified atom stereocenters. The maximum absolute atomic E-state index is 13.7. The number of ether oxygens (including phenoxy) is 1. The van der Waals surface area contributed by atoms with E-state index < -0.39 is 6.04 Å². The number of urea groups is 1. The average molecular weight is 499 g/mol. The molecule has 0 radical (unpaired) electrons. The predicted octanol–water partition coefficient (Wildman–Crippen LogP) is 6.09. The standard InChI is InChI=1S/C30H34N4O3/c1-5-27(33(19-21(2)3)30(36)31-23-15-17-24(37-4)18-16-23)28-32-26-14-10-9-13-25(26)29(35)34(28)20-22-11-7-6-8-12-22/h6-18,21,27H,5,19-20H2,1-4H3,(H,31,36). The van der Waals surface area contributed by atoms with Crippen LogP contribution >= 0.6 is 0 Å². The second kappa shape index (κ2) is 11.7. The van der Waals surface area contributed by atoms with Crippen molar-refractivity contribution in [1.29, 1.82) is 0 Å². The van der Waals surface area contributed by atoms with E-state index in [4.69, 9.17) is 9.72 Å². The molecule has 192 valence electrons. The van der Waals surface area contributed by atoms with E-state index in [0.29, 0.717) is 47.7 Å². The van der Waals surface area contributed by atoms with Gasteiger partial charge < -0.3 is 15.0 Å². The van der Waals surface area contributed by atoms with Gasteiger partial charge in [0.25, 0.3) is 5.56 Å². The fourth-order valence-electron chi connectivity index (χ4n) is 4.52. The molecule has 0 fully saturated rings. The minimum Gasteiger partial charge on any atom is -0.497 e. The predicted molar refractivity (Wildman–Crippen MR) is 148 cm³/mol. The Hall–Kier alpha value is -4.13. The minimum absolute atomic E-state index is 0.108. The number of methoxy groups -OCH3 is 1. The number of anilines is 1. The zero-order valence-corrected chi connectivity index (χ0v) is 21.8. The molecular weight excluding hydrogens is 464 g/mol. The van der Waals surface area contributed by atoms with Crippen molar-refractivity contribution in [2.45, 2.75) is 39.8 Å². The summed E-state index contributed by atoms with van der Waals surface area (Å²) in [5.74, 6) is 1.51. The molecule has 37 heavy (non-hydrogen) atoms. The Balaban J connectivity index is 1.79. The lowest BCUT2D eigenvalue weighted by Crippen LogP contribution is -2.43. The molecule has 4 aromatic rings. The number of aromatic nitrogens is 2. The van der Waals surface area contributed by atoms with Crippen molar-refractivity contribution >= 4 is 22.6 Å². The van der Waals surface area contributed by atoms with Crippen LogP contribution in [-0.2, 0) is 6.54 Å². The number of nitrogens with one attached hydrogen (secondary N) is 1. The summed E-state index contributed by atoms with van der Waals surface area (Å²) in [6.45, 7) is 7.05. The van der Waals surface area contributed by atoms with Crippen LogP contribution in [0.25, 0.3) is 10.9 Å². The van der Waals surface area contributed by atoms with E-state index in [1.807, 2.05) is 79.7 Å². The number of carbonyl (C=O) groups is 1. The van der Waals surface area contributed by atoms with Gasteiger partial charge in [0.2, 0.25) is 0 Å². The number of nitrogens with zero attached hydrogens (tertiary/aromatic N) is 3. The molecule has 2 amide bonds. The molecule has 0 aliphatic carbocycles. The van der Waals surface area contributed by atoms with Gasteiger partial charge in [-0.1, -0.05) is 63.2 Å².